The molecule has 0 aliphatic rings. The van der Waals surface area contributed by atoms with E-state index in [0.717, 1.165) is 12.8 Å². The van der Waals surface area contributed by atoms with Crippen LogP contribution in [0.4, 0.5) is 0 Å². The first kappa shape index (κ1) is 17.6. The summed E-state index contributed by atoms with van der Waals surface area (Å²) in [4.78, 5) is 22.5. The van der Waals surface area contributed by atoms with Crippen molar-refractivity contribution in [2.75, 3.05) is 0 Å². The second kappa shape index (κ2) is 10.3. The van der Waals surface area contributed by atoms with Gasteiger partial charge in [0.25, 0.3) is 0 Å². The van der Waals surface area contributed by atoms with E-state index in [-0.39, 0.29) is 6.42 Å². The van der Waals surface area contributed by atoms with Gasteiger partial charge in [-0.3, -0.25) is 4.79 Å². The molecular weight excluding hydrogens is 276 g/mol. The fourth-order valence-electron chi connectivity index (χ4n) is 1.63. The minimum absolute atomic E-state index is 0.266. The molecule has 2 aromatic rings. The van der Waals surface area contributed by atoms with Crippen molar-refractivity contribution in [1.29, 1.82) is 0 Å². The van der Waals surface area contributed by atoms with E-state index in [2.05, 4.69) is 19.1 Å². The predicted octanol–water partition coefficient (Wildman–Crippen LogP) is 4.35. The van der Waals surface area contributed by atoms with Crippen LogP contribution >= 0.6 is 0 Å². The molecule has 0 unspecified atom stereocenters. The van der Waals surface area contributed by atoms with Gasteiger partial charge in [0.1, 0.15) is 5.75 Å². The molecule has 0 aliphatic carbocycles. The molecule has 0 amide bonds. The van der Waals surface area contributed by atoms with Crippen LogP contribution in [0.25, 0.3) is 0 Å². The van der Waals surface area contributed by atoms with Gasteiger partial charge >= 0.3 is 5.97 Å². The van der Waals surface area contributed by atoms with Crippen molar-refractivity contribution < 1.29 is 14.3 Å². The van der Waals surface area contributed by atoms with E-state index in [1.54, 1.807) is 24.3 Å². The Labute approximate surface area is 131 Å². The van der Waals surface area contributed by atoms with Crippen LogP contribution in [0, 0.1) is 6.92 Å². The molecule has 0 aromatic heterocycles. The summed E-state index contributed by atoms with van der Waals surface area (Å²) in [6.45, 7) is 4.05. The maximum absolute atomic E-state index is 11.2. The van der Waals surface area contributed by atoms with Gasteiger partial charge in [-0.25, -0.2) is 4.79 Å². The van der Waals surface area contributed by atoms with Crippen molar-refractivity contribution in [3.63, 3.8) is 0 Å². The molecule has 22 heavy (non-hydrogen) atoms. The standard InChI is InChI=1S/C12H14O3.C7H8/c1-2-3-9-11(13)12(14)15-10-7-5-4-6-8-10;1-7-5-3-2-4-6-7/h4-8H,2-3,9H2,1H3;2-6H,1H3. The summed E-state index contributed by atoms with van der Waals surface area (Å²) in [6.07, 6.45) is 1.88. The van der Waals surface area contributed by atoms with Crippen LogP contribution in [0.5, 0.6) is 5.75 Å². The maximum Gasteiger partial charge on any atom is 0.379 e. The Bertz CT molecular complexity index is 562. The summed E-state index contributed by atoms with van der Waals surface area (Å²) < 4.78 is 4.88. The summed E-state index contributed by atoms with van der Waals surface area (Å²) in [7, 11) is 0. The number of esters is 1. The van der Waals surface area contributed by atoms with Crippen LogP contribution in [0.3, 0.4) is 0 Å². The number of rotatable bonds is 5. The molecule has 2 aromatic carbocycles. The van der Waals surface area contributed by atoms with Gasteiger partial charge < -0.3 is 4.74 Å². The van der Waals surface area contributed by atoms with E-state index in [0.29, 0.717) is 5.75 Å². The lowest BCUT2D eigenvalue weighted by Gasteiger charge is -2.02. The Morgan fingerprint density at radius 2 is 1.45 bits per heavy atom. The number of aryl methyl sites for hydroxylation is 1. The molecule has 0 N–H and O–H groups in total. The zero-order valence-electron chi connectivity index (χ0n) is 13.1. The Hall–Kier alpha value is -2.42. The van der Waals surface area contributed by atoms with Crippen molar-refractivity contribution in [1.82, 2.24) is 0 Å². The highest BCUT2D eigenvalue weighted by molar-refractivity contribution is 6.34. The second-order valence-corrected chi connectivity index (χ2v) is 4.88. The highest BCUT2D eigenvalue weighted by Crippen LogP contribution is 2.09. The third-order valence-corrected chi connectivity index (χ3v) is 2.88. The SMILES string of the molecule is CCCCC(=O)C(=O)Oc1ccccc1.Cc1ccccc1. The number of unbranched alkanes of at least 4 members (excludes halogenated alkanes) is 1. The van der Waals surface area contributed by atoms with Crippen LogP contribution in [-0.4, -0.2) is 11.8 Å². The molecule has 0 bridgehead atoms. The summed E-state index contributed by atoms with van der Waals surface area (Å²) >= 11 is 0. The monoisotopic (exact) mass is 298 g/mol. The van der Waals surface area contributed by atoms with E-state index >= 15 is 0 Å². The average Bonchev–Trinajstić information content (AvgIpc) is 2.55. The van der Waals surface area contributed by atoms with Gasteiger partial charge in [0.05, 0.1) is 0 Å². The number of ketones is 1. The third-order valence-electron chi connectivity index (χ3n) is 2.88. The van der Waals surface area contributed by atoms with Crippen molar-refractivity contribution in [3.8, 4) is 5.75 Å². The van der Waals surface area contributed by atoms with Crippen LogP contribution in [0.1, 0.15) is 31.7 Å². The van der Waals surface area contributed by atoms with Gasteiger partial charge in [0, 0.05) is 6.42 Å². The van der Waals surface area contributed by atoms with E-state index < -0.39 is 11.8 Å². The molecule has 3 nitrogen and oxygen atoms in total. The van der Waals surface area contributed by atoms with Crippen molar-refractivity contribution in [2.24, 2.45) is 0 Å². The minimum Gasteiger partial charge on any atom is -0.421 e. The topological polar surface area (TPSA) is 43.4 Å². The molecular formula is C19H22O3. The quantitative estimate of drug-likeness (QED) is 0.468. The molecule has 0 radical (unpaired) electrons. The molecule has 2 rings (SSSR count). The lowest BCUT2D eigenvalue weighted by Crippen LogP contribution is -2.19. The Kier molecular flexibility index (Phi) is 8.28. The number of para-hydroxylation sites is 1. The van der Waals surface area contributed by atoms with E-state index in [1.165, 1.54) is 5.56 Å². The third kappa shape index (κ3) is 7.39. The minimum atomic E-state index is -0.769. The van der Waals surface area contributed by atoms with Gasteiger partial charge in [-0.05, 0) is 25.5 Å². The molecule has 0 spiro atoms. The van der Waals surface area contributed by atoms with Crippen LogP contribution in [0.2, 0.25) is 0 Å². The molecule has 0 fully saturated rings. The van der Waals surface area contributed by atoms with Gasteiger partial charge in [-0.1, -0.05) is 67.4 Å². The number of hydrogen-bond donors (Lipinski definition) is 0. The lowest BCUT2D eigenvalue weighted by molar-refractivity contribution is -0.147. The van der Waals surface area contributed by atoms with Gasteiger partial charge in [0.2, 0.25) is 5.78 Å². The number of ether oxygens (including phenoxy) is 1. The zero-order valence-corrected chi connectivity index (χ0v) is 13.1. The Balaban J connectivity index is 0.000000287. The molecule has 0 aliphatic heterocycles. The fourth-order valence-corrected chi connectivity index (χ4v) is 1.63. The molecule has 0 saturated heterocycles. The molecule has 0 atom stereocenters. The maximum atomic E-state index is 11.2. The lowest BCUT2D eigenvalue weighted by atomic mass is 10.2. The molecule has 3 heteroatoms. The van der Waals surface area contributed by atoms with Crippen LogP contribution in [-0.2, 0) is 9.59 Å². The number of hydrogen-bond acceptors (Lipinski definition) is 3. The smallest absolute Gasteiger partial charge is 0.379 e. The van der Waals surface area contributed by atoms with Crippen molar-refractivity contribution >= 4 is 11.8 Å². The van der Waals surface area contributed by atoms with E-state index in [1.807, 2.05) is 31.2 Å². The summed E-state index contributed by atoms with van der Waals surface area (Å²) in [5.74, 6) is -0.817. The van der Waals surface area contributed by atoms with E-state index in [9.17, 15) is 9.59 Å². The van der Waals surface area contributed by atoms with Gasteiger partial charge in [0.15, 0.2) is 0 Å². The highest BCUT2D eigenvalue weighted by Gasteiger charge is 2.14. The predicted molar refractivity (Wildman–Crippen MR) is 87.8 cm³/mol. The Morgan fingerprint density at radius 3 is 1.91 bits per heavy atom. The second-order valence-electron chi connectivity index (χ2n) is 4.88. The summed E-state index contributed by atoms with van der Waals surface area (Å²) in [5.41, 5.74) is 1.32. The number of carbonyl (C=O) groups is 2. The number of carbonyl (C=O) groups excluding carboxylic acids is 2. The summed E-state index contributed by atoms with van der Waals surface area (Å²) in [5, 5.41) is 0. The summed E-state index contributed by atoms with van der Waals surface area (Å²) in [6, 6.07) is 18.9. The highest BCUT2D eigenvalue weighted by atomic mass is 16.5. The molecule has 0 heterocycles. The van der Waals surface area contributed by atoms with Gasteiger partial charge in [-0.2, -0.15) is 0 Å². The zero-order chi connectivity index (χ0) is 16.2. The molecule has 0 saturated carbocycles. The Morgan fingerprint density at radius 1 is 0.909 bits per heavy atom. The van der Waals surface area contributed by atoms with Crippen LogP contribution in [0.15, 0.2) is 60.7 Å². The van der Waals surface area contributed by atoms with Gasteiger partial charge in [-0.15, -0.1) is 0 Å². The van der Waals surface area contributed by atoms with E-state index in [4.69, 9.17) is 4.74 Å². The largest absolute Gasteiger partial charge is 0.421 e. The van der Waals surface area contributed by atoms with Crippen molar-refractivity contribution in [2.45, 2.75) is 33.1 Å². The first-order valence-electron chi connectivity index (χ1n) is 7.45. The number of Topliss-reactive ketones (excluding diaryl/α,β-unsaturated/α-hetero) is 1. The number of benzene rings is 2. The average molecular weight is 298 g/mol. The normalized spacial score (nSPS) is 9.36. The fraction of sp³-hybridized carbons (Fsp3) is 0.263. The first-order valence-corrected chi connectivity index (χ1v) is 7.45. The van der Waals surface area contributed by atoms with Crippen LogP contribution < -0.4 is 4.74 Å². The molecule has 116 valence electrons. The van der Waals surface area contributed by atoms with Crippen molar-refractivity contribution in [3.05, 3.63) is 66.2 Å². The first-order chi connectivity index (χ1) is 10.6.